The van der Waals surface area contributed by atoms with E-state index in [1.54, 1.807) is 0 Å². The Hall–Kier alpha value is -1.13. The van der Waals surface area contributed by atoms with Gasteiger partial charge in [0.25, 0.3) is 0 Å². The van der Waals surface area contributed by atoms with Gasteiger partial charge in [0.1, 0.15) is 5.82 Å². The topological polar surface area (TPSA) is 45.4 Å². The average molecular weight is 234 g/mol. The summed E-state index contributed by atoms with van der Waals surface area (Å²) < 4.78 is 0. The van der Waals surface area contributed by atoms with Crippen LogP contribution in [0.3, 0.4) is 0 Å². The first-order valence-corrected chi connectivity index (χ1v) is 6.39. The number of anilines is 1. The van der Waals surface area contributed by atoms with Gasteiger partial charge < -0.3 is 10.6 Å². The Morgan fingerprint density at radius 3 is 2.88 bits per heavy atom. The predicted octanol–water partition coefficient (Wildman–Crippen LogP) is 1.07. The third-order valence-electron chi connectivity index (χ3n) is 3.50. The predicted molar refractivity (Wildman–Crippen MR) is 71.1 cm³/mol. The van der Waals surface area contributed by atoms with Crippen LogP contribution in [0, 0.1) is 0 Å². The van der Waals surface area contributed by atoms with E-state index in [4.69, 9.17) is 5.73 Å². The van der Waals surface area contributed by atoms with Gasteiger partial charge in [-0.15, -0.1) is 0 Å². The van der Waals surface area contributed by atoms with Crippen LogP contribution >= 0.6 is 0 Å². The molecule has 1 aliphatic rings. The molecule has 1 saturated heterocycles. The number of piperazine rings is 1. The van der Waals surface area contributed by atoms with E-state index in [2.05, 4.69) is 34.7 Å². The van der Waals surface area contributed by atoms with E-state index in [9.17, 15) is 0 Å². The molecule has 1 aliphatic heterocycles. The van der Waals surface area contributed by atoms with Crippen molar-refractivity contribution in [3.63, 3.8) is 0 Å². The Morgan fingerprint density at radius 2 is 2.24 bits per heavy atom. The summed E-state index contributed by atoms with van der Waals surface area (Å²) in [6.07, 6.45) is 0. The molecule has 2 N–H and O–H groups in total. The van der Waals surface area contributed by atoms with Gasteiger partial charge in [0.2, 0.25) is 0 Å². The number of rotatable bonds is 3. The first-order valence-electron chi connectivity index (χ1n) is 6.39. The molecule has 1 fully saturated rings. The number of aromatic nitrogens is 1. The Morgan fingerprint density at radius 1 is 1.41 bits per heavy atom. The summed E-state index contributed by atoms with van der Waals surface area (Å²) in [7, 11) is 0. The van der Waals surface area contributed by atoms with Gasteiger partial charge in [-0.05, 0) is 25.6 Å². The number of hydrogen-bond donors (Lipinski definition) is 1. The molecule has 0 bridgehead atoms. The van der Waals surface area contributed by atoms with Crippen LogP contribution < -0.4 is 10.6 Å². The fourth-order valence-electron chi connectivity index (χ4n) is 2.43. The second-order valence-electron chi connectivity index (χ2n) is 4.61. The van der Waals surface area contributed by atoms with E-state index in [0.717, 1.165) is 37.7 Å². The molecule has 0 aromatic carbocycles. The lowest BCUT2D eigenvalue weighted by atomic mass is 10.2. The van der Waals surface area contributed by atoms with Crippen LogP contribution in [0.5, 0.6) is 0 Å². The van der Waals surface area contributed by atoms with Crippen molar-refractivity contribution < 1.29 is 0 Å². The molecule has 1 atom stereocenters. The summed E-state index contributed by atoms with van der Waals surface area (Å²) >= 11 is 0. The molecule has 1 aromatic rings. The Labute approximate surface area is 103 Å². The summed E-state index contributed by atoms with van der Waals surface area (Å²) in [5.74, 6) is 1.07. The zero-order chi connectivity index (χ0) is 12.3. The molecule has 0 amide bonds. The molecule has 4 heteroatoms. The number of nitrogens with zero attached hydrogens (tertiary/aromatic N) is 3. The fourth-order valence-corrected chi connectivity index (χ4v) is 2.43. The minimum Gasteiger partial charge on any atom is -0.354 e. The molecule has 0 spiro atoms. The minimum absolute atomic E-state index is 0.512. The molecule has 2 rings (SSSR count). The van der Waals surface area contributed by atoms with Crippen molar-refractivity contribution in [2.45, 2.75) is 26.4 Å². The van der Waals surface area contributed by atoms with Crippen LogP contribution in [-0.4, -0.2) is 42.1 Å². The van der Waals surface area contributed by atoms with Gasteiger partial charge in [-0.1, -0.05) is 13.0 Å². The summed E-state index contributed by atoms with van der Waals surface area (Å²) in [4.78, 5) is 9.44. The van der Waals surface area contributed by atoms with Crippen LogP contribution in [0.15, 0.2) is 18.2 Å². The molecule has 0 aliphatic carbocycles. The molecule has 1 aromatic heterocycles. The van der Waals surface area contributed by atoms with Crippen molar-refractivity contribution >= 4 is 5.82 Å². The van der Waals surface area contributed by atoms with E-state index < -0.39 is 0 Å². The smallest absolute Gasteiger partial charge is 0.128 e. The molecule has 1 unspecified atom stereocenters. The van der Waals surface area contributed by atoms with Crippen LogP contribution in [0.1, 0.15) is 19.5 Å². The molecular weight excluding hydrogens is 212 g/mol. The van der Waals surface area contributed by atoms with Gasteiger partial charge in [-0.3, -0.25) is 4.90 Å². The first kappa shape index (κ1) is 12.3. The normalized spacial score (nSPS) is 21.8. The summed E-state index contributed by atoms with van der Waals surface area (Å²) in [6, 6.07) is 6.70. The minimum atomic E-state index is 0.512. The zero-order valence-electron chi connectivity index (χ0n) is 10.8. The van der Waals surface area contributed by atoms with E-state index in [0.29, 0.717) is 12.6 Å². The molecule has 0 saturated carbocycles. The highest BCUT2D eigenvalue weighted by Crippen LogP contribution is 2.17. The van der Waals surface area contributed by atoms with Crippen molar-refractivity contribution in [3.8, 4) is 0 Å². The maximum atomic E-state index is 5.63. The SMILES string of the molecule is CCN1CCN(c2cccc(CN)n2)CC1C. The van der Waals surface area contributed by atoms with Crippen molar-refractivity contribution in [1.82, 2.24) is 9.88 Å². The van der Waals surface area contributed by atoms with E-state index >= 15 is 0 Å². The summed E-state index contributed by atoms with van der Waals surface area (Å²) in [5.41, 5.74) is 6.60. The lowest BCUT2D eigenvalue weighted by Gasteiger charge is -2.40. The average Bonchev–Trinajstić information content (AvgIpc) is 2.38. The quantitative estimate of drug-likeness (QED) is 0.850. The van der Waals surface area contributed by atoms with Gasteiger partial charge in [0.15, 0.2) is 0 Å². The van der Waals surface area contributed by atoms with Crippen LogP contribution in [0.2, 0.25) is 0 Å². The summed E-state index contributed by atoms with van der Waals surface area (Å²) in [6.45, 7) is 9.37. The summed E-state index contributed by atoms with van der Waals surface area (Å²) in [5, 5.41) is 0. The Kier molecular flexibility index (Phi) is 3.97. The third-order valence-corrected chi connectivity index (χ3v) is 3.50. The van der Waals surface area contributed by atoms with Gasteiger partial charge in [-0.25, -0.2) is 4.98 Å². The highest BCUT2D eigenvalue weighted by atomic mass is 15.3. The van der Waals surface area contributed by atoms with E-state index in [-0.39, 0.29) is 0 Å². The lowest BCUT2D eigenvalue weighted by Crippen LogP contribution is -2.52. The standard InChI is InChI=1S/C13H22N4/c1-3-16-7-8-17(10-11(16)2)13-6-4-5-12(9-14)15-13/h4-6,11H,3,7-10,14H2,1-2H3. The third kappa shape index (κ3) is 2.76. The first-order chi connectivity index (χ1) is 8.24. The monoisotopic (exact) mass is 234 g/mol. The van der Waals surface area contributed by atoms with Gasteiger partial charge >= 0.3 is 0 Å². The maximum absolute atomic E-state index is 5.63. The Bertz CT molecular complexity index is 366. The highest BCUT2D eigenvalue weighted by Gasteiger charge is 2.22. The van der Waals surface area contributed by atoms with E-state index in [1.165, 1.54) is 0 Å². The molecule has 94 valence electrons. The molecular formula is C13H22N4. The zero-order valence-corrected chi connectivity index (χ0v) is 10.8. The van der Waals surface area contributed by atoms with Crippen molar-refractivity contribution in [2.24, 2.45) is 5.73 Å². The number of nitrogens with two attached hydrogens (primary N) is 1. The second-order valence-corrected chi connectivity index (χ2v) is 4.61. The van der Waals surface area contributed by atoms with Crippen molar-refractivity contribution in [3.05, 3.63) is 23.9 Å². The van der Waals surface area contributed by atoms with E-state index in [1.807, 2.05) is 12.1 Å². The number of hydrogen-bond acceptors (Lipinski definition) is 4. The van der Waals surface area contributed by atoms with Crippen LogP contribution in [-0.2, 0) is 6.54 Å². The van der Waals surface area contributed by atoms with Crippen LogP contribution in [0.4, 0.5) is 5.82 Å². The highest BCUT2D eigenvalue weighted by molar-refractivity contribution is 5.40. The molecule has 4 nitrogen and oxygen atoms in total. The lowest BCUT2D eigenvalue weighted by molar-refractivity contribution is 0.199. The maximum Gasteiger partial charge on any atom is 0.128 e. The van der Waals surface area contributed by atoms with Gasteiger partial charge in [0.05, 0.1) is 5.69 Å². The largest absolute Gasteiger partial charge is 0.354 e. The number of pyridine rings is 1. The number of likely N-dealkylation sites (N-methyl/N-ethyl adjacent to an activating group) is 1. The molecule has 2 heterocycles. The van der Waals surface area contributed by atoms with Crippen LogP contribution in [0.25, 0.3) is 0 Å². The second kappa shape index (κ2) is 5.47. The van der Waals surface area contributed by atoms with Crippen molar-refractivity contribution in [2.75, 3.05) is 31.1 Å². The van der Waals surface area contributed by atoms with Crippen molar-refractivity contribution in [1.29, 1.82) is 0 Å². The molecule has 17 heavy (non-hydrogen) atoms. The van der Waals surface area contributed by atoms with Gasteiger partial charge in [-0.2, -0.15) is 0 Å². The fraction of sp³-hybridized carbons (Fsp3) is 0.615. The molecule has 0 radical (unpaired) electrons. The Balaban J connectivity index is 2.08. The van der Waals surface area contributed by atoms with Gasteiger partial charge in [0, 0.05) is 32.2 Å².